The molecule has 0 fully saturated rings. The highest BCUT2D eigenvalue weighted by molar-refractivity contribution is 6.34. The van der Waals surface area contributed by atoms with E-state index < -0.39 is 0 Å². The minimum absolute atomic E-state index is 0.186. The molecule has 0 bridgehead atoms. The van der Waals surface area contributed by atoms with E-state index in [4.69, 9.17) is 23.2 Å². The molecule has 0 radical (unpaired) electrons. The van der Waals surface area contributed by atoms with Crippen LogP contribution in [0.4, 0.5) is 0 Å². The Morgan fingerprint density at radius 2 is 1.88 bits per heavy atom. The Morgan fingerprint density at radius 1 is 1.24 bits per heavy atom. The van der Waals surface area contributed by atoms with Crippen molar-refractivity contribution in [2.24, 2.45) is 0 Å². The summed E-state index contributed by atoms with van der Waals surface area (Å²) in [5, 5.41) is 10.5. The molecule has 0 aliphatic heterocycles. The largest absolute Gasteiger partial charge is 0.493 e. The summed E-state index contributed by atoms with van der Waals surface area (Å²) in [6.07, 6.45) is 1.36. The SMILES string of the molecule is O=c1[nH]cnc(O)c1Cc1cc(Cl)cc(Cl)c1. The third-order valence-electron chi connectivity index (χ3n) is 2.23. The Balaban J connectivity index is 2.41. The zero-order chi connectivity index (χ0) is 12.4. The van der Waals surface area contributed by atoms with Crippen LogP contribution >= 0.6 is 23.2 Å². The molecule has 0 aliphatic carbocycles. The maximum atomic E-state index is 11.5. The lowest BCUT2D eigenvalue weighted by Crippen LogP contribution is -2.13. The van der Waals surface area contributed by atoms with Crippen molar-refractivity contribution >= 4 is 23.2 Å². The van der Waals surface area contributed by atoms with Gasteiger partial charge >= 0.3 is 0 Å². The van der Waals surface area contributed by atoms with E-state index in [1.54, 1.807) is 18.2 Å². The molecule has 0 aliphatic rings. The van der Waals surface area contributed by atoms with Gasteiger partial charge in [0.05, 0.1) is 11.9 Å². The van der Waals surface area contributed by atoms with Crippen LogP contribution in [0.5, 0.6) is 5.88 Å². The Hall–Kier alpha value is -1.52. The van der Waals surface area contributed by atoms with Crippen molar-refractivity contribution in [2.75, 3.05) is 0 Å². The number of benzene rings is 1. The molecule has 17 heavy (non-hydrogen) atoms. The highest BCUT2D eigenvalue weighted by Gasteiger charge is 2.09. The van der Waals surface area contributed by atoms with Crippen molar-refractivity contribution in [3.8, 4) is 5.88 Å². The van der Waals surface area contributed by atoms with E-state index >= 15 is 0 Å². The van der Waals surface area contributed by atoms with Gasteiger partial charge in [0.15, 0.2) is 0 Å². The van der Waals surface area contributed by atoms with Crippen molar-refractivity contribution in [3.05, 3.63) is 56.1 Å². The molecule has 0 spiro atoms. The van der Waals surface area contributed by atoms with Gasteiger partial charge in [0.2, 0.25) is 5.88 Å². The van der Waals surface area contributed by atoms with Crippen LogP contribution in [0.3, 0.4) is 0 Å². The summed E-state index contributed by atoms with van der Waals surface area (Å²) in [4.78, 5) is 17.5. The molecule has 0 saturated carbocycles. The molecule has 1 heterocycles. The van der Waals surface area contributed by atoms with E-state index in [-0.39, 0.29) is 23.4 Å². The third kappa shape index (κ3) is 2.78. The van der Waals surface area contributed by atoms with E-state index in [1.807, 2.05) is 0 Å². The van der Waals surface area contributed by atoms with Crippen LogP contribution < -0.4 is 5.56 Å². The van der Waals surface area contributed by atoms with Crippen LogP contribution in [-0.4, -0.2) is 15.1 Å². The first kappa shape index (κ1) is 12.0. The number of nitrogens with zero attached hydrogens (tertiary/aromatic N) is 1. The first-order valence-electron chi connectivity index (χ1n) is 4.77. The molecular weight excluding hydrogens is 263 g/mol. The van der Waals surface area contributed by atoms with Crippen molar-refractivity contribution in [1.82, 2.24) is 9.97 Å². The predicted octanol–water partition coefficient (Wildman–Crippen LogP) is 2.37. The zero-order valence-electron chi connectivity index (χ0n) is 8.58. The lowest BCUT2D eigenvalue weighted by molar-refractivity contribution is 0.444. The summed E-state index contributed by atoms with van der Waals surface area (Å²) < 4.78 is 0. The van der Waals surface area contributed by atoms with Crippen LogP contribution in [0.2, 0.25) is 10.0 Å². The van der Waals surface area contributed by atoms with E-state index in [0.29, 0.717) is 10.0 Å². The van der Waals surface area contributed by atoms with E-state index in [9.17, 15) is 9.90 Å². The van der Waals surface area contributed by atoms with Crippen LogP contribution in [0, 0.1) is 0 Å². The van der Waals surface area contributed by atoms with Gasteiger partial charge in [-0.05, 0) is 23.8 Å². The molecule has 1 aromatic heterocycles. The second kappa shape index (κ2) is 4.77. The molecule has 1 aromatic carbocycles. The summed E-state index contributed by atoms with van der Waals surface area (Å²) in [5.41, 5.74) is 0.538. The highest BCUT2D eigenvalue weighted by Crippen LogP contribution is 2.21. The Bertz CT molecular complexity index is 590. The Kier molecular flexibility index (Phi) is 3.36. The van der Waals surface area contributed by atoms with Crippen molar-refractivity contribution in [2.45, 2.75) is 6.42 Å². The molecule has 0 unspecified atom stereocenters. The second-order valence-corrected chi connectivity index (χ2v) is 4.36. The van der Waals surface area contributed by atoms with Gasteiger partial charge in [-0.15, -0.1) is 0 Å². The summed E-state index contributed by atoms with van der Waals surface area (Å²) in [7, 11) is 0. The number of nitrogens with one attached hydrogen (secondary N) is 1. The first-order valence-corrected chi connectivity index (χ1v) is 5.52. The number of H-pyrrole nitrogens is 1. The van der Waals surface area contributed by atoms with Gasteiger partial charge in [0, 0.05) is 16.5 Å². The minimum atomic E-state index is -0.381. The van der Waals surface area contributed by atoms with E-state index in [1.165, 1.54) is 0 Å². The quantitative estimate of drug-likeness (QED) is 0.881. The topological polar surface area (TPSA) is 66.0 Å². The average molecular weight is 271 g/mol. The molecule has 6 heteroatoms. The van der Waals surface area contributed by atoms with Gasteiger partial charge in [-0.2, -0.15) is 0 Å². The van der Waals surface area contributed by atoms with Crippen LogP contribution in [0.25, 0.3) is 0 Å². The zero-order valence-corrected chi connectivity index (χ0v) is 10.1. The lowest BCUT2D eigenvalue weighted by atomic mass is 10.1. The molecule has 88 valence electrons. The summed E-state index contributed by atoms with van der Waals surface area (Å²) >= 11 is 11.7. The molecule has 0 saturated heterocycles. The fourth-order valence-corrected chi connectivity index (χ4v) is 2.07. The van der Waals surface area contributed by atoms with Gasteiger partial charge in [0.25, 0.3) is 5.56 Å². The van der Waals surface area contributed by atoms with Gasteiger partial charge < -0.3 is 10.1 Å². The second-order valence-electron chi connectivity index (χ2n) is 3.49. The Labute approximate surface area is 107 Å². The maximum Gasteiger partial charge on any atom is 0.258 e. The van der Waals surface area contributed by atoms with Gasteiger partial charge in [-0.1, -0.05) is 23.2 Å². The van der Waals surface area contributed by atoms with Gasteiger partial charge in [-0.25, -0.2) is 4.98 Å². The van der Waals surface area contributed by atoms with Gasteiger partial charge in [0.1, 0.15) is 0 Å². The lowest BCUT2D eigenvalue weighted by Gasteiger charge is -2.04. The van der Waals surface area contributed by atoms with Crippen molar-refractivity contribution in [3.63, 3.8) is 0 Å². The molecule has 2 N–H and O–H groups in total. The summed E-state index contributed by atoms with van der Waals surface area (Å²) in [6.45, 7) is 0. The maximum absolute atomic E-state index is 11.5. The highest BCUT2D eigenvalue weighted by atomic mass is 35.5. The van der Waals surface area contributed by atoms with E-state index in [0.717, 1.165) is 11.9 Å². The summed E-state index contributed by atoms with van der Waals surface area (Å²) in [6, 6.07) is 4.96. The van der Waals surface area contributed by atoms with Crippen molar-refractivity contribution in [1.29, 1.82) is 0 Å². The van der Waals surface area contributed by atoms with Gasteiger partial charge in [-0.3, -0.25) is 4.79 Å². The smallest absolute Gasteiger partial charge is 0.258 e. The normalized spacial score (nSPS) is 10.5. The monoisotopic (exact) mass is 270 g/mol. The number of aromatic hydroxyl groups is 1. The average Bonchev–Trinajstić information content (AvgIpc) is 2.22. The van der Waals surface area contributed by atoms with Crippen LogP contribution in [0.1, 0.15) is 11.1 Å². The minimum Gasteiger partial charge on any atom is -0.493 e. The fourth-order valence-electron chi connectivity index (χ4n) is 1.50. The molecule has 0 atom stereocenters. The van der Waals surface area contributed by atoms with Crippen LogP contribution in [0.15, 0.2) is 29.3 Å². The number of halogens is 2. The molecule has 4 nitrogen and oxygen atoms in total. The summed E-state index contributed by atoms with van der Waals surface area (Å²) in [5.74, 6) is -0.287. The number of rotatable bonds is 2. The molecular formula is C11H8Cl2N2O2. The Morgan fingerprint density at radius 3 is 2.47 bits per heavy atom. The fraction of sp³-hybridized carbons (Fsp3) is 0.0909. The van der Waals surface area contributed by atoms with E-state index in [2.05, 4.69) is 9.97 Å². The third-order valence-corrected chi connectivity index (χ3v) is 2.67. The number of aromatic nitrogens is 2. The molecule has 2 rings (SSSR count). The first-order chi connectivity index (χ1) is 8.06. The standard InChI is InChI=1S/C11H8Cl2N2O2/c12-7-1-6(2-8(13)4-7)3-9-10(16)14-5-15-11(9)17/h1-2,4-5H,3H2,(H2,14,15,16,17). The van der Waals surface area contributed by atoms with Crippen molar-refractivity contribution < 1.29 is 5.11 Å². The number of hydrogen-bond donors (Lipinski definition) is 2. The number of aromatic amines is 1. The molecule has 2 aromatic rings. The molecule has 0 amide bonds. The van der Waals surface area contributed by atoms with Crippen LogP contribution in [-0.2, 0) is 6.42 Å². The number of hydrogen-bond acceptors (Lipinski definition) is 3. The predicted molar refractivity (Wildman–Crippen MR) is 65.8 cm³/mol.